The van der Waals surface area contributed by atoms with Crippen LogP contribution in [0.25, 0.3) is 0 Å². The highest BCUT2D eigenvalue weighted by Crippen LogP contribution is 2.23. The van der Waals surface area contributed by atoms with Crippen molar-refractivity contribution in [2.24, 2.45) is 5.92 Å². The number of hydrogen-bond donors (Lipinski definition) is 0. The molecule has 186 valence electrons. The lowest BCUT2D eigenvalue weighted by molar-refractivity contribution is 0.399. The molecule has 0 aromatic heterocycles. The standard InChI is InChI=1S/C32H58/c1-3-5-7-9-11-13-14-16-18-20-23-27-31(30-32-28-24-21-25-29-32)26-22-19-17-15-12-10-8-6-4-2/h21,24-25,28-29,31H,3-20,22-23,26-27,30H2,1-2H3. The molecule has 0 bridgehead atoms. The van der Waals surface area contributed by atoms with Gasteiger partial charge in [-0.2, -0.15) is 0 Å². The third kappa shape index (κ3) is 18.8. The van der Waals surface area contributed by atoms with Crippen LogP contribution in [0.15, 0.2) is 30.3 Å². The lowest BCUT2D eigenvalue weighted by Gasteiger charge is -2.17. The van der Waals surface area contributed by atoms with Crippen LogP contribution in [-0.2, 0) is 6.42 Å². The Morgan fingerprint density at radius 2 is 0.781 bits per heavy atom. The summed E-state index contributed by atoms with van der Waals surface area (Å²) in [6, 6.07) is 11.3. The van der Waals surface area contributed by atoms with E-state index >= 15 is 0 Å². The maximum atomic E-state index is 2.34. The molecule has 0 fully saturated rings. The lowest BCUT2D eigenvalue weighted by atomic mass is 9.88. The van der Waals surface area contributed by atoms with Crippen LogP contribution in [0.3, 0.4) is 0 Å². The van der Waals surface area contributed by atoms with E-state index in [0.29, 0.717) is 0 Å². The largest absolute Gasteiger partial charge is 0.0654 e. The molecule has 1 aromatic carbocycles. The molecule has 0 spiro atoms. The van der Waals surface area contributed by atoms with E-state index in [9.17, 15) is 0 Å². The van der Waals surface area contributed by atoms with E-state index in [1.54, 1.807) is 5.56 Å². The van der Waals surface area contributed by atoms with Crippen LogP contribution in [0.4, 0.5) is 0 Å². The van der Waals surface area contributed by atoms with E-state index < -0.39 is 0 Å². The van der Waals surface area contributed by atoms with Crippen molar-refractivity contribution in [1.29, 1.82) is 0 Å². The minimum atomic E-state index is 0.903. The lowest BCUT2D eigenvalue weighted by Crippen LogP contribution is -2.05. The van der Waals surface area contributed by atoms with Crippen molar-refractivity contribution < 1.29 is 0 Å². The van der Waals surface area contributed by atoms with Crippen molar-refractivity contribution in [2.45, 2.75) is 162 Å². The van der Waals surface area contributed by atoms with E-state index in [4.69, 9.17) is 0 Å². The highest BCUT2D eigenvalue weighted by molar-refractivity contribution is 5.15. The van der Waals surface area contributed by atoms with Crippen molar-refractivity contribution in [3.8, 4) is 0 Å². The van der Waals surface area contributed by atoms with Gasteiger partial charge in [0.05, 0.1) is 0 Å². The Morgan fingerprint density at radius 3 is 1.16 bits per heavy atom. The fraction of sp³-hybridized carbons (Fsp3) is 0.812. The average Bonchev–Trinajstić information content (AvgIpc) is 2.82. The predicted octanol–water partition coefficient (Wildman–Crippen LogP) is 11.5. The monoisotopic (exact) mass is 442 g/mol. The Kier molecular flexibility index (Phi) is 21.4. The first-order valence-corrected chi connectivity index (χ1v) is 14.9. The molecule has 0 aliphatic carbocycles. The molecule has 1 atom stereocenters. The molecule has 0 nitrogen and oxygen atoms in total. The summed E-state index contributed by atoms with van der Waals surface area (Å²) < 4.78 is 0. The van der Waals surface area contributed by atoms with Crippen LogP contribution in [0, 0.1) is 5.92 Å². The maximum absolute atomic E-state index is 2.34. The summed E-state index contributed by atoms with van der Waals surface area (Å²) in [6.45, 7) is 4.61. The molecule has 0 heterocycles. The van der Waals surface area contributed by atoms with Crippen LogP contribution >= 0.6 is 0 Å². The maximum Gasteiger partial charge on any atom is -0.0250 e. The van der Waals surface area contributed by atoms with Crippen LogP contribution in [0.1, 0.15) is 161 Å². The van der Waals surface area contributed by atoms with Gasteiger partial charge in [0, 0.05) is 0 Å². The normalized spacial score (nSPS) is 12.3. The summed E-state index contributed by atoms with van der Waals surface area (Å²) in [5, 5.41) is 0. The second kappa shape index (κ2) is 23.4. The van der Waals surface area contributed by atoms with Gasteiger partial charge in [0.2, 0.25) is 0 Å². The molecule has 0 saturated carbocycles. The van der Waals surface area contributed by atoms with Crippen LogP contribution in [0.5, 0.6) is 0 Å². The SMILES string of the molecule is CCCCCCCCCCCCCC(CCCCCCCCCCC)Cc1ccccc1. The smallest absolute Gasteiger partial charge is 0.0250 e. The minimum absolute atomic E-state index is 0.903. The van der Waals surface area contributed by atoms with Crippen molar-refractivity contribution in [2.75, 3.05) is 0 Å². The zero-order valence-electron chi connectivity index (χ0n) is 22.2. The summed E-state index contributed by atoms with van der Waals surface area (Å²) in [4.78, 5) is 0. The Hall–Kier alpha value is -0.780. The van der Waals surface area contributed by atoms with Gasteiger partial charge in [0.25, 0.3) is 0 Å². The summed E-state index contributed by atoms with van der Waals surface area (Å²) in [7, 11) is 0. The van der Waals surface area contributed by atoms with E-state index in [1.165, 1.54) is 148 Å². The number of benzene rings is 1. The number of rotatable bonds is 24. The Balaban J connectivity index is 2.10. The Morgan fingerprint density at radius 1 is 0.438 bits per heavy atom. The van der Waals surface area contributed by atoms with Gasteiger partial charge < -0.3 is 0 Å². The van der Waals surface area contributed by atoms with Crippen molar-refractivity contribution in [3.05, 3.63) is 35.9 Å². The molecule has 0 radical (unpaired) electrons. The zero-order chi connectivity index (χ0) is 23.0. The van der Waals surface area contributed by atoms with Gasteiger partial charge in [-0.15, -0.1) is 0 Å². The predicted molar refractivity (Wildman–Crippen MR) is 147 cm³/mol. The summed E-state index contributed by atoms with van der Waals surface area (Å²) in [6.07, 6.45) is 33.2. The molecule has 1 aromatic rings. The summed E-state index contributed by atoms with van der Waals surface area (Å²) in [5.41, 5.74) is 1.55. The van der Waals surface area contributed by atoms with Gasteiger partial charge in [0.1, 0.15) is 0 Å². The topological polar surface area (TPSA) is 0 Å². The van der Waals surface area contributed by atoms with Crippen molar-refractivity contribution in [1.82, 2.24) is 0 Å². The van der Waals surface area contributed by atoms with Crippen LogP contribution in [0.2, 0.25) is 0 Å². The zero-order valence-corrected chi connectivity index (χ0v) is 22.2. The highest BCUT2D eigenvalue weighted by atomic mass is 14.2. The van der Waals surface area contributed by atoms with Crippen molar-refractivity contribution >= 4 is 0 Å². The van der Waals surface area contributed by atoms with E-state index in [1.807, 2.05) is 0 Å². The van der Waals surface area contributed by atoms with Gasteiger partial charge in [-0.3, -0.25) is 0 Å². The van der Waals surface area contributed by atoms with E-state index in [2.05, 4.69) is 44.2 Å². The van der Waals surface area contributed by atoms with Gasteiger partial charge >= 0.3 is 0 Å². The van der Waals surface area contributed by atoms with Gasteiger partial charge in [-0.25, -0.2) is 0 Å². The first kappa shape index (κ1) is 29.3. The summed E-state index contributed by atoms with van der Waals surface area (Å²) in [5.74, 6) is 0.903. The minimum Gasteiger partial charge on any atom is -0.0654 e. The molecule has 1 rings (SSSR count). The van der Waals surface area contributed by atoms with Crippen molar-refractivity contribution in [3.63, 3.8) is 0 Å². The Bertz CT molecular complexity index is 462. The quantitative estimate of drug-likeness (QED) is 0.140. The van der Waals surface area contributed by atoms with Crippen LogP contribution < -0.4 is 0 Å². The Labute approximate surface area is 203 Å². The van der Waals surface area contributed by atoms with Crippen LogP contribution in [-0.4, -0.2) is 0 Å². The molecule has 0 aliphatic rings. The first-order valence-electron chi connectivity index (χ1n) is 14.9. The average molecular weight is 443 g/mol. The fourth-order valence-corrected chi connectivity index (χ4v) is 5.14. The molecule has 0 N–H and O–H groups in total. The fourth-order valence-electron chi connectivity index (χ4n) is 5.14. The number of hydrogen-bond acceptors (Lipinski definition) is 0. The number of unbranched alkanes of at least 4 members (excludes halogenated alkanes) is 18. The molecule has 32 heavy (non-hydrogen) atoms. The molecule has 1 unspecified atom stereocenters. The van der Waals surface area contributed by atoms with Gasteiger partial charge in [-0.1, -0.05) is 185 Å². The molecular formula is C32H58. The van der Waals surface area contributed by atoms with Gasteiger partial charge in [-0.05, 0) is 17.9 Å². The molecule has 0 aliphatic heterocycles. The molecular weight excluding hydrogens is 384 g/mol. The first-order chi connectivity index (χ1) is 15.9. The second-order valence-corrected chi connectivity index (χ2v) is 10.5. The third-order valence-corrected chi connectivity index (χ3v) is 7.30. The molecule has 0 heteroatoms. The third-order valence-electron chi connectivity index (χ3n) is 7.30. The molecule has 0 saturated heterocycles. The van der Waals surface area contributed by atoms with Gasteiger partial charge in [0.15, 0.2) is 0 Å². The highest BCUT2D eigenvalue weighted by Gasteiger charge is 2.10. The summed E-state index contributed by atoms with van der Waals surface area (Å²) >= 11 is 0. The van der Waals surface area contributed by atoms with E-state index in [-0.39, 0.29) is 0 Å². The van der Waals surface area contributed by atoms with E-state index in [0.717, 1.165) is 5.92 Å². The molecule has 0 amide bonds. The second-order valence-electron chi connectivity index (χ2n) is 10.5.